The van der Waals surface area contributed by atoms with Gasteiger partial charge >= 0.3 is 5.97 Å². The number of hydrogen-bond acceptors (Lipinski definition) is 3. The summed E-state index contributed by atoms with van der Waals surface area (Å²) in [7, 11) is 1.34. The molecule has 0 aliphatic carbocycles. The Bertz CT molecular complexity index is 384. The van der Waals surface area contributed by atoms with E-state index in [0.717, 1.165) is 5.56 Å². The molecule has 0 saturated carbocycles. The third kappa shape index (κ3) is 3.57. The van der Waals surface area contributed by atoms with Gasteiger partial charge in [0.15, 0.2) is 0 Å². The number of methoxy groups -OCH3 is 1. The summed E-state index contributed by atoms with van der Waals surface area (Å²) in [5.74, 6) is -0.616. The minimum absolute atomic E-state index is 0.295. The zero-order valence-corrected chi connectivity index (χ0v) is 10.7. The van der Waals surface area contributed by atoms with E-state index in [1.807, 2.05) is 0 Å². The van der Waals surface area contributed by atoms with E-state index < -0.39 is 0 Å². The molecule has 3 nitrogen and oxygen atoms in total. The van der Waals surface area contributed by atoms with Crippen molar-refractivity contribution in [1.29, 1.82) is 0 Å². The Labute approximate surface area is 102 Å². The van der Waals surface area contributed by atoms with E-state index in [1.54, 1.807) is 13.0 Å². The quantitative estimate of drug-likeness (QED) is 0.864. The van der Waals surface area contributed by atoms with Crippen molar-refractivity contribution in [3.05, 3.63) is 34.1 Å². The van der Waals surface area contributed by atoms with Crippen LogP contribution in [0.4, 0.5) is 4.39 Å². The van der Waals surface area contributed by atoms with Gasteiger partial charge in [-0.15, -0.1) is 0 Å². The van der Waals surface area contributed by atoms with E-state index in [9.17, 15) is 9.18 Å². The molecule has 5 heteroatoms. The average Bonchev–Trinajstić information content (AvgIpc) is 2.26. The maximum absolute atomic E-state index is 12.8. The molecule has 88 valence electrons. The summed E-state index contributed by atoms with van der Waals surface area (Å²) in [4.78, 5) is 11.1. The summed E-state index contributed by atoms with van der Waals surface area (Å²) in [6.07, 6.45) is 0. The lowest BCUT2D eigenvalue weighted by molar-refractivity contribution is -0.142. The molecule has 1 N–H and O–H groups in total. The van der Waals surface area contributed by atoms with Crippen LogP contribution in [0.5, 0.6) is 0 Å². The minimum Gasteiger partial charge on any atom is -0.468 e. The number of halogens is 2. The van der Waals surface area contributed by atoms with Crippen LogP contribution in [0.1, 0.15) is 12.5 Å². The number of carbonyl (C=O) groups excluding carboxylic acids is 1. The maximum Gasteiger partial charge on any atom is 0.322 e. The molecule has 0 aliphatic rings. The van der Waals surface area contributed by atoms with Crippen LogP contribution >= 0.6 is 15.9 Å². The first-order chi connectivity index (χ1) is 7.54. The molecule has 0 fully saturated rings. The molecule has 0 amide bonds. The van der Waals surface area contributed by atoms with Crippen LogP contribution < -0.4 is 5.32 Å². The number of esters is 1. The smallest absolute Gasteiger partial charge is 0.322 e. The third-order valence-corrected chi connectivity index (χ3v) is 2.91. The lowest BCUT2D eigenvalue weighted by Crippen LogP contribution is -2.34. The van der Waals surface area contributed by atoms with E-state index in [4.69, 9.17) is 0 Å². The molecule has 0 saturated heterocycles. The molecule has 0 aliphatic heterocycles. The van der Waals surface area contributed by atoms with E-state index in [2.05, 4.69) is 26.0 Å². The molecule has 0 aromatic heterocycles. The van der Waals surface area contributed by atoms with Gasteiger partial charge in [-0.05, 0) is 24.6 Å². The van der Waals surface area contributed by atoms with Crippen LogP contribution in [0.25, 0.3) is 0 Å². The van der Waals surface area contributed by atoms with Crippen LogP contribution in [0.15, 0.2) is 22.7 Å². The average molecular weight is 290 g/mol. The highest BCUT2D eigenvalue weighted by molar-refractivity contribution is 9.10. The molecule has 1 aromatic carbocycles. The largest absolute Gasteiger partial charge is 0.468 e. The van der Waals surface area contributed by atoms with Gasteiger partial charge in [-0.25, -0.2) is 4.39 Å². The van der Waals surface area contributed by atoms with Crippen molar-refractivity contribution in [3.8, 4) is 0 Å². The van der Waals surface area contributed by atoms with Crippen molar-refractivity contribution >= 4 is 21.9 Å². The lowest BCUT2D eigenvalue weighted by atomic mass is 10.2. The Kier molecular flexibility index (Phi) is 4.89. The number of nitrogens with one attached hydrogen (secondary N) is 1. The van der Waals surface area contributed by atoms with Crippen molar-refractivity contribution in [2.75, 3.05) is 7.11 Å². The number of rotatable bonds is 4. The highest BCUT2D eigenvalue weighted by Crippen LogP contribution is 2.17. The number of hydrogen-bond donors (Lipinski definition) is 1. The number of ether oxygens (including phenoxy) is 1. The van der Waals surface area contributed by atoms with Gasteiger partial charge in [0, 0.05) is 11.0 Å². The van der Waals surface area contributed by atoms with Gasteiger partial charge in [0.2, 0.25) is 0 Å². The van der Waals surface area contributed by atoms with Gasteiger partial charge in [-0.2, -0.15) is 0 Å². The van der Waals surface area contributed by atoms with Crippen LogP contribution in [0.2, 0.25) is 0 Å². The summed E-state index contributed by atoms with van der Waals surface area (Å²) in [5, 5.41) is 2.98. The second-order valence-corrected chi connectivity index (χ2v) is 4.22. The molecule has 0 spiro atoms. The Morgan fingerprint density at radius 3 is 2.88 bits per heavy atom. The third-order valence-electron chi connectivity index (χ3n) is 2.17. The monoisotopic (exact) mass is 289 g/mol. The van der Waals surface area contributed by atoms with Crippen molar-refractivity contribution in [3.63, 3.8) is 0 Å². The summed E-state index contributed by atoms with van der Waals surface area (Å²) in [5.41, 5.74) is 0.886. The Morgan fingerprint density at radius 1 is 1.62 bits per heavy atom. The van der Waals surface area contributed by atoms with Crippen molar-refractivity contribution in [1.82, 2.24) is 5.32 Å². The predicted molar refractivity (Wildman–Crippen MR) is 62.4 cm³/mol. The highest BCUT2D eigenvalue weighted by Gasteiger charge is 2.12. The van der Waals surface area contributed by atoms with Gasteiger partial charge < -0.3 is 10.1 Å². The Morgan fingerprint density at radius 2 is 2.31 bits per heavy atom. The van der Waals surface area contributed by atoms with Crippen molar-refractivity contribution < 1.29 is 13.9 Å². The molecule has 1 atom stereocenters. The minimum atomic E-state index is -0.387. The highest BCUT2D eigenvalue weighted by atomic mass is 79.9. The van der Waals surface area contributed by atoms with Crippen molar-refractivity contribution in [2.45, 2.75) is 19.5 Å². The fourth-order valence-electron chi connectivity index (χ4n) is 1.19. The van der Waals surface area contributed by atoms with Crippen LogP contribution in [-0.2, 0) is 16.1 Å². The molecule has 0 heterocycles. The van der Waals surface area contributed by atoms with E-state index in [-0.39, 0.29) is 17.8 Å². The van der Waals surface area contributed by atoms with Gasteiger partial charge in [0.25, 0.3) is 0 Å². The van der Waals surface area contributed by atoms with E-state index >= 15 is 0 Å². The number of benzene rings is 1. The first-order valence-corrected chi connectivity index (χ1v) is 5.59. The molecule has 1 aromatic rings. The van der Waals surface area contributed by atoms with Gasteiger partial charge in [-0.1, -0.05) is 22.0 Å². The summed E-state index contributed by atoms with van der Waals surface area (Å²) < 4.78 is 18.1. The van der Waals surface area contributed by atoms with Gasteiger partial charge in [-0.3, -0.25) is 4.79 Å². The zero-order valence-electron chi connectivity index (χ0n) is 9.09. The van der Waals surface area contributed by atoms with Crippen molar-refractivity contribution in [2.24, 2.45) is 0 Å². The van der Waals surface area contributed by atoms with Gasteiger partial charge in [0.05, 0.1) is 7.11 Å². The van der Waals surface area contributed by atoms with E-state index in [0.29, 0.717) is 11.0 Å². The molecule has 1 unspecified atom stereocenters. The summed E-state index contributed by atoms with van der Waals surface area (Å²) in [6.45, 7) is 2.18. The Balaban J connectivity index is 2.58. The second-order valence-electron chi connectivity index (χ2n) is 3.36. The molecule has 16 heavy (non-hydrogen) atoms. The van der Waals surface area contributed by atoms with Gasteiger partial charge in [0.1, 0.15) is 11.9 Å². The SMILES string of the molecule is COC(=O)C(C)NCc1ccc(F)cc1Br. The number of carbonyl (C=O) groups is 1. The first-order valence-electron chi connectivity index (χ1n) is 4.79. The second kappa shape index (κ2) is 5.96. The molecule has 0 radical (unpaired) electrons. The molecular weight excluding hydrogens is 277 g/mol. The van der Waals surface area contributed by atoms with Crippen LogP contribution in [0.3, 0.4) is 0 Å². The first kappa shape index (κ1) is 13.1. The maximum atomic E-state index is 12.8. The topological polar surface area (TPSA) is 38.3 Å². The Hall–Kier alpha value is -0.940. The molecular formula is C11H13BrFNO2. The van der Waals surface area contributed by atoms with Crippen LogP contribution in [0, 0.1) is 5.82 Å². The molecule has 0 bridgehead atoms. The summed E-state index contributed by atoms with van der Waals surface area (Å²) >= 11 is 3.26. The normalized spacial score (nSPS) is 12.2. The van der Waals surface area contributed by atoms with E-state index in [1.165, 1.54) is 19.2 Å². The fourth-order valence-corrected chi connectivity index (χ4v) is 1.68. The lowest BCUT2D eigenvalue weighted by Gasteiger charge is -2.12. The van der Waals surface area contributed by atoms with Crippen LogP contribution in [-0.4, -0.2) is 19.1 Å². The zero-order chi connectivity index (χ0) is 12.1. The molecule has 1 rings (SSSR count). The fraction of sp³-hybridized carbons (Fsp3) is 0.364. The standard InChI is InChI=1S/C11H13BrFNO2/c1-7(11(15)16-2)14-6-8-3-4-9(13)5-10(8)12/h3-5,7,14H,6H2,1-2H3. The predicted octanol–water partition coefficient (Wildman–Crippen LogP) is 2.24. The summed E-state index contributed by atoms with van der Waals surface area (Å²) in [6, 6.07) is 4.04.